The van der Waals surface area contributed by atoms with Gasteiger partial charge in [0.1, 0.15) is 5.82 Å². The third-order valence-electron chi connectivity index (χ3n) is 9.78. The van der Waals surface area contributed by atoms with Crippen LogP contribution in [0.3, 0.4) is 0 Å². The lowest BCUT2D eigenvalue weighted by Crippen LogP contribution is -2.49. The Balaban J connectivity index is 1.54. The zero-order valence-electron chi connectivity index (χ0n) is 23.9. The van der Waals surface area contributed by atoms with E-state index in [0.717, 1.165) is 15.9 Å². The molecule has 1 saturated carbocycles. The number of carboxylic acids is 1. The van der Waals surface area contributed by atoms with Crippen molar-refractivity contribution in [3.63, 3.8) is 0 Å². The van der Waals surface area contributed by atoms with Gasteiger partial charge in [0, 0.05) is 16.9 Å². The second-order valence-electron chi connectivity index (χ2n) is 11.9. The molecule has 14 heteroatoms. The molecule has 3 fully saturated rings. The zero-order chi connectivity index (χ0) is 32.7. The Kier molecular flexibility index (Phi) is 7.89. The average molecular weight is 769 g/mol. The number of ether oxygens (including phenoxy) is 1. The van der Waals surface area contributed by atoms with Crippen LogP contribution in [0.15, 0.2) is 44.9 Å². The number of phenolic OH excluding ortho intramolecular Hbond substituents is 1. The number of carbonyl (C=O) groups excluding carboxylic acids is 4. The molecule has 6 rings (SSSR count). The molecule has 2 N–H and O–H groups in total. The maximum absolute atomic E-state index is 14.5. The van der Waals surface area contributed by atoms with Gasteiger partial charge in [-0.05, 0) is 87.4 Å². The minimum Gasteiger partial charge on any atom is -0.503 e. The number of phenols is 1. The standard InChI is InChI=1S/C31H26Br2ClFN2O8/c1-31-17(28(42)37(30(31)44)12-3-6-19(35)18(34)9-12)10-15-13(23(31)16-11-20(45-2)26(40)25(33)24(16)32)4-5-14-22(15)29(43)36(27(14)41)8-7-21(38)39/h3-4,6,9,11,14-15,17,22-23,40H,5,7-8,10H2,1-2H3,(H,38,39). The fourth-order valence-electron chi connectivity index (χ4n) is 7.70. The number of rotatable bonds is 6. The number of anilines is 1. The fourth-order valence-corrected chi connectivity index (χ4v) is 8.83. The largest absolute Gasteiger partial charge is 0.503 e. The van der Waals surface area contributed by atoms with Crippen molar-refractivity contribution in [2.75, 3.05) is 18.6 Å². The molecule has 0 radical (unpaired) electrons. The molecule has 2 saturated heterocycles. The van der Waals surface area contributed by atoms with E-state index in [9.17, 15) is 38.6 Å². The Hall–Kier alpha value is -3.29. The number of hydrogen-bond donors (Lipinski definition) is 2. The smallest absolute Gasteiger partial charge is 0.305 e. The number of allylic oxidation sites excluding steroid dienone is 2. The molecular weight excluding hydrogens is 743 g/mol. The number of benzene rings is 2. The predicted molar refractivity (Wildman–Crippen MR) is 165 cm³/mol. The van der Waals surface area contributed by atoms with Gasteiger partial charge in [0.25, 0.3) is 0 Å². The van der Waals surface area contributed by atoms with Crippen molar-refractivity contribution in [1.29, 1.82) is 0 Å². The Bertz CT molecular complexity index is 1750. The van der Waals surface area contributed by atoms with E-state index in [1.165, 1.54) is 19.2 Å². The highest BCUT2D eigenvalue weighted by molar-refractivity contribution is 9.13. The van der Waals surface area contributed by atoms with Crippen molar-refractivity contribution in [1.82, 2.24) is 4.90 Å². The summed E-state index contributed by atoms with van der Waals surface area (Å²) in [6.45, 7) is 1.41. The number of aliphatic carboxylic acids is 1. The molecule has 2 aliphatic heterocycles. The highest BCUT2D eigenvalue weighted by atomic mass is 79.9. The van der Waals surface area contributed by atoms with E-state index in [1.807, 2.05) is 6.08 Å². The lowest BCUT2D eigenvalue weighted by molar-refractivity contribution is -0.142. The third-order valence-corrected chi connectivity index (χ3v) is 12.2. The van der Waals surface area contributed by atoms with E-state index in [4.69, 9.17) is 16.3 Å². The summed E-state index contributed by atoms with van der Waals surface area (Å²) in [6, 6.07) is 5.15. The number of carbonyl (C=O) groups is 5. The first-order valence-corrected chi connectivity index (χ1v) is 16.1. The number of halogens is 4. The summed E-state index contributed by atoms with van der Waals surface area (Å²) < 4.78 is 20.2. The summed E-state index contributed by atoms with van der Waals surface area (Å²) in [5.41, 5.74) is -0.156. The van der Waals surface area contributed by atoms with Gasteiger partial charge in [-0.3, -0.25) is 28.9 Å². The van der Waals surface area contributed by atoms with E-state index >= 15 is 0 Å². The van der Waals surface area contributed by atoms with Crippen LogP contribution in [0.1, 0.15) is 37.7 Å². The highest BCUT2D eigenvalue weighted by Gasteiger charge is 2.68. The van der Waals surface area contributed by atoms with E-state index in [2.05, 4.69) is 31.9 Å². The number of likely N-dealkylation sites (tertiary alicyclic amines) is 1. The van der Waals surface area contributed by atoms with Crippen LogP contribution >= 0.6 is 43.5 Å². The molecule has 10 nitrogen and oxygen atoms in total. The van der Waals surface area contributed by atoms with Crippen molar-refractivity contribution in [2.45, 2.75) is 32.1 Å². The van der Waals surface area contributed by atoms with Crippen LogP contribution in [0.2, 0.25) is 5.02 Å². The minimum absolute atomic E-state index is 0.0653. The van der Waals surface area contributed by atoms with Gasteiger partial charge in [-0.2, -0.15) is 0 Å². The molecule has 6 atom stereocenters. The number of fused-ring (bicyclic) bond motifs is 4. The number of amides is 4. The first-order chi connectivity index (χ1) is 21.2. The molecule has 2 aromatic rings. The van der Waals surface area contributed by atoms with E-state index in [-0.39, 0.29) is 46.1 Å². The van der Waals surface area contributed by atoms with Crippen LogP contribution in [-0.4, -0.2) is 58.4 Å². The lowest BCUT2D eigenvalue weighted by atomic mass is 9.51. The molecule has 2 aliphatic carbocycles. The molecule has 4 amide bonds. The molecule has 236 valence electrons. The normalized spacial score (nSPS) is 29.0. The molecule has 45 heavy (non-hydrogen) atoms. The van der Waals surface area contributed by atoms with Gasteiger partial charge in [-0.15, -0.1) is 0 Å². The number of aromatic hydroxyl groups is 1. The maximum Gasteiger partial charge on any atom is 0.305 e. The fraction of sp³-hybridized carbons (Fsp3) is 0.387. The van der Waals surface area contributed by atoms with Crippen LogP contribution in [0.25, 0.3) is 0 Å². The van der Waals surface area contributed by atoms with E-state index in [1.54, 1.807) is 13.0 Å². The molecule has 2 heterocycles. The van der Waals surface area contributed by atoms with Gasteiger partial charge in [0.15, 0.2) is 11.5 Å². The zero-order valence-corrected chi connectivity index (χ0v) is 27.8. The van der Waals surface area contributed by atoms with Crippen LogP contribution in [0.4, 0.5) is 10.1 Å². The average Bonchev–Trinajstić information content (AvgIpc) is 3.36. The maximum atomic E-state index is 14.5. The number of nitrogens with zero attached hydrogens (tertiary/aromatic N) is 2. The second kappa shape index (κ2) is 11.2. The van der Waals surface area contributed by atoms with E-state index < -0.39 is 76.8 Å². The molecular formula is C31H26Br2ClFN2O8. The first kappa shape index (κ1) is 31.7. The number of methoxy groups -OCH3 is 1. The quantitative estimate of drug-likeness (QED) is 0.293. The lowest BCUT2D eigenvalue weighted by Gasteiger charge is -2.49. The van der Waals surface area contributed by atoms with Gasteiger partial charge >= 0.3 is 5.97 Å². The number of imide groups is 2. The molecule has 4 aliphatic rings. The van der Waals surface area contributed by atoms with Crippen LogP contribution in [0, 0.1) is 34.9 Å². The number of carboxylic acid groups (broad SMARTS) is 1. The van der Waals surface area contributed by atoms with Gasteiger partial charge in [0.05, 0.1) is 51.9 Å². The Labute approximate surface area is 278 Å². The van der Waals surface area contributed by atoms with Gasteiger partial charge in [-0.25, -0.2) is 9.29 Å². The van der Waals surface area contributed by atoms with Gasteiger partial charge < -0.3 is 14.9 Å². The summed E-state index contributed by atoms with van der Waals surface area (Å²) >= 11 is 13.0. The van der Waals surface area contributed by atoms with Crippen LogP contribution < -0.4 is 9.64 Å². The summed E-state index contributed by atoms with van der Waals surface area (Å²) in [5.74, 6) is -8.10. The molecule has 0 bridgehead atoms. The Morgan fingerprint density at radius 1 is 1.11 bits per heavy atom. The number of hydrogen-bond acceptors (Lipinski definition) is 7. The summed E-state index contributed by atoms with van der Waals surface area (Å²) in [6.07, 6.45) is 1.69. The van der Waals surface area contributed by atoms with Gasteiger partial charge in [-0.1, -0.05) is 23.3 Å². The van der Waals surface area contributed by atoms with Crippen molar-refractivity contribution in [2.24, 2.45) is 29.1 Å². The predicted octanol–water partition coefficient (Wildman–Crippen LogP) is 5.42. The Morgan fingerprint density at radius 3 is 2.47 bits per heavy atom. The van der Waals surface area contributed by atoms with Crippen LogP contribution in [0.5, 0.6) is 11.5 Å². The van der Waals surface area contributed by atoms with Crippen molar-refractivity contribution >= 4 is 78.7 Å². The van der Waals surface area contributed by atoms with Crippen molar-refractivity contribution in [3.8, 4) is 11.5 Å². The topological polar surface area (TPSA) is 142 Å². The van der Waals surface area contributed by atoms with Crippen molar-refractivity contribution < 1.29 is 43.3 Å². The molecule has 2 aromatic carbocycles. The highest BCUT2D eigenvalue weighted by Crippen LogP contribution is 2.65. The van der Waals surface area contributed by atoms with Crippen LogP contribution in [-0.2, 0) is 24.0 Å². The summed E-state index contributed by atoms with van der Waals surface area (Å²) in [4.78, 5) is 69.2. The molecule has 6 unspecified atom stereocenters. The van der Waals surface area contributed by atoms with Crippen molar-refractivity contribution in [3.05, 3.63) is 61.3 Å². The molecule has 0 spiro atoms. The first-order valence-electron chi connectivity index (χ1n) is 14.1. The second-order valence-corrected chi connectivity index (χ2v) is 13.9. The summed E-state index contributed by atoms with van der Waals surface area (Å²) in [7, 11) is 1.37. The SMILES string of the molecule is COc1cc(C2C3=CCC4C(=O)N(CCC(=O)O)C(=O)C4C3CC3C(=O)N(c4ccc(F)c(Cl)c4)C(=O)C32C)c(Br)c(Br)c1O. The van der Waals surface area contributed by atoms with Gasteiger partial charge in [0.2, 0.25) is 23.6 Å². The molecule has 0 aromatic heterocycles. The Morgan fingerprint density at radius 2 is 1.82 bits per heavy atom. The third kappa shape index (κ3) is 4.56. The van der Waals surface area contributed by atoms with E-state index in [0.29, 0.717) is 15.6 Å². The monoisotopic (exact) mass is 766 g/mol. The summed E-state index contributed by atoms with van der Waals surface area (Å²) in [5, 5.41) is 19.6. The minimum atomic E-state index is -1.42.